The Bertz CT molecular complexity index is 345. The van der Waals surface area contributed by atoms with Crippen molar-refractivity contribution in [2.24, 2.45) is 0 Å². The van der Waals surface area contributed by atoms with Crippen LogP contribution in [0, 0.1) is 19.3 Å². The van der Waals surface area contributed by atoms with Crippen LogP contribution in [0.3, 0.4) is 0 Å². The quantitative estimate of drug-likeness (QED) is 0.527. The molecule has 13 heavy (non-hydrogen) atoms. The molecule has 0 aliphatic rings. The van der Waals surface area contributed by atoms with E-state index in [-0.39, 0.29) is 5.41 Å². The maximum Gasteiger partial charge on any atom is 0.0274 e. The number of aryl methyl sites for hydroxylation is 1. The molecule has 0 amide bonds. The topological polar surface area (TPSA) is 0 Å². The molecule has 0 aromatic heterocycles. The molecule has 0 bridgehead atoms. The summed E-state index contributed by atoms with van der Waals surface area (Å²) in [6, 6.07) is 6.35. The standard InChI is InChI=1S/C13H16/c1-6-11-9-12(13(3,4)5)8-7-10(11)2/h1,7-9H,2-5H3. The summed E-state index contributed by atoms with van der Waals surface area (Å²) < 4.78 is 0. The molecule has 68 valence electrons. The predicted molar refractivity (Wildman–Crippen MR) is 57.8 cm³/mol. The third-order valence-corrected chi connectivity index (χ3v) is 2.26. The van der Waals surface area contributed by atoms with Crippen molar-refractivity contribution in [3.63, 3.8) is 0 Å². The van der Waals surface area contributed by atoms with Gasteiger partial charge in [-0.3, -0.25) is 0 Å². The van der Waals surface area contributed by atoms with Crippen molar-refractivity contribution in [3.8, 4) is 12.3 Å². The normalized spacial score (nSPS) is 11.0. The predicted octanol–water partition coefficient (Wildman–Crippen LogP) is 3.27. The molecule has 0 saturated heterocycles. The fraction of sp³-hybridized carbons (Fsp3) is 0.385. The highest BCUT2D eigenvalue weighted by Crippen LogP contribution is 2.23. The third kappa shape index (κ3) is 2.12. The molecule has 1 rings (SSSR count). The van der Waals surface area contributed by atoms with Crippen LogP contribution in [0.15, 0.2) is 18.2 Å². The molecule has 0 aliphatic heterocycles. The van der Waals surface area contributed by atoms with E-state index in [4.69, 9.17) is 6.42 Å². The van der Waals surface area contributed by atoms with Crippen molar-refractivity contribution in [2.45, 2.75) is 33.1 Å². The molecule has 0 fully saturated rings. The Hall–Kier alpha value is -1.22. The molecule has 0 aliphatic carbocycles. The molecule has 0 saturated carbocycles. The second-order valence-corrected chi connectivity index (χ2v) is 4.42. The van der Waals surface area contributed by atoms with E-state index in [1.165, 1.54) is 11.1 Å². The Labute approximate surface area is 81.0 Å². The van der Waals surface area contributed by atoms with E-state index < -0.39 is 0 Å². The lowest BCUT2D eigenvalue weighted by Gasteiger charge is -2.19. The van der Waals surface area contributed by atoms with E-state index in [0.29, 0.717) is 0 Å². The molecule has 0 nitrogen and oxygen atoms in total. The number of benzene rings is 1. The second-order valence-electron chi connectivity index (χ2n) is 4.42. The molecule has 0 heteroatoms. The van der Waals surface area contributed by atoms with Gasteiger partial charge in [0, 0.05) is 5.56 Å². The molecular weight excluding hydrogens is 156 g/mol. The van der Waals surface area contributed by atoms with Gasteiger partial charge in [-0.05, 0) is 29.5 Å². The maximum atomic E-state index is 5.41. The molecular formula is C13H16. The van der Waals surface area contributed by atoms with Crippen LogP contribution in [0.25, 0.3) is 0 Å². The lowest BCUT2D eigenvalue weighted by Crippen LogP contribution is -2.11. The van der Waals surface area contributed by atoms with Gasteiger partial charge in [0.1, 0.15) is 0 Å². The number of hydrogen-bond acceptors (Lipinski definition) is 0. The Morgan fingerprint density at radius 1 is 1.23 bits per heavy atom. The van der Waals surface area contributed by atoms with E-state index in [9.17, 15) is 0 Å². The van der Waals surface area contributed by atoms with Gasteiger partial charge in [-0.2, -0.15) is 0 Å². The van der Waals surface area contributed by atoms with Crippen LogP contribution in [0.1, 0.15) is 37.5 Å². The smallest absolute Gasteiger partial charge is 0.0274 e. The van der Waals surface area contributed by atoms with Crippen molar-refractivity contribution in [1.29, 1.82) is 0 Å². The van der Waals surface area contributed by atoms with Gasteiger partial charge in [-0.1, -0.05) is 38.8 Å². The largest absolute Gasteiger partial charge is 0.115 e. The summed E-state index contributed by atoms with van der Waals surface area (Å²) in [4.78, 5) is 0. The SMILES string of the molecule is C#Cc1cc(C(C)(C)C)ccc1C. The van der Waals surface area contributed by atoms with Crippen molar-refractivity contribution < 1.29 is 0 Å². The Morgan fingerprint density at radius 3 is 2.31 bits per heavy atom. The maximum absolute atomic E-state index is 5.41. The van der Waals surface area contributed by atoms with Crippen molar-refractivity contribution in [3.05, 3.63) is 34.9 Å². The molecule has 0 unspecified atom stereocenters. The first-order chi connectivity index (χ1) is 5.95. The van der Waals surface area contributed by atoms with Gasteiger partial charge in [-0.15, -0.1) is 6.42 Å². The summed E-state index contributed by atoms with van der Waals surface area (Å²) in [5, 5.41) is 0. The first-order valence-corrected chi connectivity index (χ1v) is 4.53. The van der Waals surface area contributed by atoms with E-state index in [2.05, 4.69) is 44.9 Å². The fourth-order valence-electron chi connectivity index (χ4n) is 1.24. The van der Waals surface area contributed by atoms with Gasteiger partial charge >= 0.3 is 0 Å². The minimum atomic E-state index is 0.180. The fourth-order valence-corrected chi connectivity index (χ4v) is 1.24. The van der Waals surface area contributed by atoms with Crippen molar-refractivity contribution in [1.82, 2.24) is 0 Å². The number of rotatable bonds is 0. The zero-order valence-corrected chi connectivity index (χ0v) is 8.81. The van der Waals surface area contributed by atoms with Crippen LogP contribution in [0.5, 0.6) is 0 Å². The van der Waals surface area contributed by atoms with Crippen LogP contribution >= 0.6 is 0 Å². The Morgan fingerprint density at radius 2 is 1.85 bits per heavy atom. The van der Waals surface area contributed by atoms with Gasteiger partial charge in [0.2, 0.25) is 0 Å². The van der Waals surface area contributed by atoms with Gasteiger partial charge < -0.3 is 0 Å². The number of hydrogen-bond donors (Lipinski definition) is 0. The average molecular weight is 172 g/mol. The first kappa shape index (κ1) is 9.86. The van der Waals surface area contributed by atoms with Crippen molar-refractivity contribution in [2.75, 3.05) is 0 Å². The van der Waals surface area contributed by atoms with Gasteiger partial charge in [0.25, 0.3) is 0 Å². The van der Waals surface area contributed by atoms with E-state index in [1.807, 2.05) is 6.92 Å². The Balaban J connectivity index is 3.24. The molecule has 0 spiro atoms. The minimum Gasteiger partial charge on any atom is -0.115 e. The summed E-state index contributed by atoms with van der Waals surface area (Å²) in [5.74, 6) is 2.71. The third-order valence-electron chi connectivity index (χ3n) is 2.26. The monoisotopic (exact) mass is 172 g/mol. The average Bonchev–Trinajstić information content (AvgIpc) is 2.03. The van der Waals surface area contributed by atoms with Crippen LogP contribution in [-0.4, -0.2) is 0 Å². The zero-order valence-electron chi connectivity index (χ0n) is 8.81. The molecule has 1 aromatic carbocycles. The highest BCUT2D eigenvalue weighted by atomic mass is 14.2. The second kappa shape index (κ2) is 3.26. The van der Waals surface area contributed by atoms with E-state index >= 15 is 0 Å². The highest BCUT2D eigenvalue weighted by molar-refractivity contribution is 5.43. The summed E-state index contributed by atoms with van der Waals surface area (Å²) in [6.45, 7) is 8.62. The highest BCUT2D eigenvalue weighted by Gasteiger charge is 2.13. The molecule has 0 radical (unpaired) electrons. The molecule has 0 atom stereocenters. The van der Waals surface area contributed by atoms with E-state index in [0.717, 1.165) is 5.56 Å². The summed E-state index contributed by atoms with van der Waals surface area (Å²) in [6.07, 6.45) is 5.41. The van der Waals surface area contributed by atoms with Gasteiger partial charge in [0.15, 0.2) is 0 Å². The van der Waals surface area contributed by atoms with Crippen LogP contribution in [0.2, 0.25) is 0 Å². The van der Waals surface area contributed by atoms with Crippen LogP contribution in [0.4, 0.5) is 0 Å². The molecule has 0 N–H and O–H groups in total. The van der Waals surface area contributed by atoms with Gasteiger partial charge in [-0.25, -0.2) is 0 Å². The van der Waals surface area contributed by atoms with Crippen LogP contribution < -0.4 is 0 Å². The zero-order chi connectivity index (χ0) is 10.1. The van der Waals surface area contributed by atoms with Crippen molar-refractivity contribution >= 4 is 0 Å². The Kier molecular flexibility index (Phi) is 2.48. The first-order valence-electron chi connectivity index (χ1n) is 4.53. The number of terminal acetylenes is 1. The lowest BCUT2D eigenvalue weighted by atomic mass is 9.85. The minimum absolute atomic E-state index is 0.180. The molecule has 0 heterocycles. The summed E-state index contributed by atoms with van der Waals surface area (Å²) >= 11 is 0. The van der Waals surface area contributed by atoms with Crippen LogP contribution in [-0.2, 0) is 5.41 Å². The van der Waals surface area contributed by atoms with Gasteiger partial charge in [0.05, 0.1) is 0 Å². The summed E-state index contributed by atoms with van der Waals surface area (Å²) in [5.41, 5.74) is 3.66. The van der Waals surface area contributed by atoms with E-state index in [1.54, 1.807) is 0 Å². The lowest BCUT2D eigenvalue weighted by molar-refractivity contribution is 0.590. The molecule has 1 aromatic rings. The summed E-state index contributed by atoms with van der Waals surface area (Å²) in [7, 11) is 0.